The summed E-state index contributed by atoms with van der Waals surface area (Å²) in [4.78, 5) is 14.4. The molecule has 0 amide bonds. The first-order chi connectivity index (χ1) is 14.5. The highest BCUT2D eigenvalue weighted by atomic mass is 19.1. The molecule has 0 bridgehead atoms. The fourth-order valence-corrected chi connectivity index (χ4v) is 2.87. The number of nitro benzene ring substituents is 1. The maximum absolute atomic E-state index is 14.6. The quantitative estimate of drug-likeness (QED) is 0.301. The van der Waals surface area contributed by atoms with Crippen molar-refractivity contribution in [3.63, 3.8) is 0 Å². The fourth-order valence-electron chi connectivity index (χ4n) is 2.87. The van der Waals surface area contributed by atoms with Crippen molar-refractivity contribution in [1.82, 2.24) is 14.8 Å². The Morgan fingerprint density at radius 2 is 2.00 bits per heavy atom. The monoisotopic (exact) mass is 415 g/mol. The van der Waals surface area contributed by atoms with Crippen molar-refractivity contribution >= 4 is 17.2 Å². The molecule has 0 saturated heterocycles. The first-order valence-corrected chi connectivity index (χ1v) is 9.44. The van der Waals surface area contributed by atoms with E-state index in [1.807, 2.05) is 19.9 Å². The van der Waals surface area contributed by atoms with E-state index in [2.05, 4.69) is 15.4 Å². The number of ether oxygens (including phenoxy) is 2. The molecule has 2 aromatic heterocycles. The maximum atomic E-state index is 14.6. The molecule has 1 N–H and O–H groups in total. The Hall–Kier alpha value is -3.37. The molecule has 0 aliphatic rings. The second-order valence-electron chi connectivity index (χ2n) is 6.20. The number of nitrogens with zero attached hydrogens (tertiary/aromatic N) is 4. The molecular weight excluding hydrogens is 393 g/mol. The van der Waals surface area contributed by atoms with Crippen molar-refractivity contribution in [2.75, 3.05) is 18.5 Å². The summed E-state index contributed by atoms with van der Waals surface area (Å²) in [6, 6.07) is 9.29. The minimum atomic E-state index is -0.954. The van der Waals surface area contributed by atoms with Crippen molar-refractivity contribution in [2.24, 2.45) is 0 Å². The largest absolute Gasteiger partial charge is 0.351 e. The number of rotatable bonds is 10. The van der Waals surface area contributed by atoms with Crippen LogP contribution in [0.2, 0.25) is 0 Å². The van der Waals surface area contributed by atoms with E-state index in [0.717, 1.165) is 11.6 Å². The first-order valence-electron chi connectivity index (χ1n) is 9.44. The van der Waals surface area contributed by atoms with Gasteiger partial charge in [0.05, 0.1) is 22.8 Å². The van der Waals surface area contributed by atoms with Gasteiger partial charge in [-0.1, -0.05) is 6.07 Å². The van der Waals surface area contributed by atoms with Crippen LogP contribution in [-0.4, -0.2) is 39.2 Å². The maximum Gasteiger partial charge on any atom is 0.306 e. The number of aromatic nitrogens is 3. The van der Waals surface area contributed by atoms with Crippen molar-refractivity contribution in [3.05, 3.63) is 64.7 Å². The van der Waals surface area contributed by atoms with Crippen molar-refractivity contribution in [3.8, 4) is 11.3 Å². The third kappa shape index (κ3) is 4.97. The number of hydrogen-bond acceptors (Lipinski definition) is 7. The number of pyridine rings is 1. The second kappa shape index (κ2) is 9.90. The summed E-state index contributed by atoms with van der Waals surface area (Å²) in [5, 5.41) is 18.5. The fraction of sp³-hybridized carbons (Fsp3) is 0.300. The van der Waals surface area contributed by atoms with Crippen molar-refractivity contribution in [2.45, 2.75) is 26.7 Å². The van der Waals surface area contributed by atoms with Crippen LogP contribution in [0, 0.1) is 15.9 Å². The molecule has 0 unspecified atom stereocenters. The van der Waals surface area contributed by atoms with E-state index in [4.69, 9.17) is 9.47 Å². The van der Waals surface area contributed by atoms with E-state index in [1.54, 1.807) is 29.2 Å². The minimum Gasteiger partial charge on any atom is -0.351 e. The predicted octanol–water partition coefficient (Wildman–Crippen LogP) is 4.14. The van der Waals surface area contributed by atoms with Gasteiger partial charge in [0, 0.05) is 43.3 Å². The van der Waals surface area contributed by atoms with E-state index in [9.17, 15) is 14.5 Å². The summed E-state index contributed by atoms with van der Waals surface area (Å²) < 4.78 is 27.3. The van der Waals surface area contributed by atoms with Gasteiger partial charge in [-0.05, 0) is 32.0 Å². The lowest BCUT2D eigenvalue weighted by molar-refractivity contribution is -0.387. The molecule has 0 atom stereocenters. The van der Waals surface area contributed by atoms with Crippen LogP contribution >= 0.6 is 0 Å². The molecule has 0 saturated carbocycles. The summed E-state index contributed by atoms with van der Waals surface area (Å²) in [6.45, 7) is 4.84. The smallest absolute Gasteiger partial charge is 0.306 e. The SMILES string of the molecule is CCOC(Cn1nc(-c2cccnc2)cc1Nc1cccc([N+](=O)[O-])c1F)OCC. The molecule has 158 valence electrons. The topological polar surface area (TPSA) is 104 Å². The van der Waals surface area contributed by atoms with Gasteiger partial charge < -0.3 is 14.8 Å². The van der Waals surface area contributed by atoms with Gasteiger partial charge in [0.2, 0.25) is 5.82 Å². The molecule has 0 radical (unpaired) electrons. The molecular formula is C20H22FN5O4. The molecule has 1 aromatic carbocycles. The van der Waals surface area contributed by atoms with Gasteiger partial charge in [-0.3, -0.25) is 15.1 Å². The van der Waals surface area contributed by atoms with Crippen molar-refractivity contribution in [1.29, 1.82) is 0 Å². The Morgan fingerprint density at radius 1 is 1.23 bits per heavy atom. The van der Waals surface area contributed by atoms with Crippen molar-refractivity contribution < 1.29 is 18.8 Å². The molecule has 2 heterocycles. The van der Waals surface area contributed by atoms with E-state index in [1.165, 1.54) is 12.1 Å². The van der Waals surface area contributed by atoms with Crippen LogP contribution in [0.1, 0.15) is 13.8 Å². The van der Waals surface area contributed by atoms with Gasteiger partial charge in [0.15, 0.2) is 6.29 Å². The molecule has 9 nitrogen and oxygen atoms in total. The third-order valence-corrected chi connectivity index (χ3v) is 4.20. The summed E-state index contributed by atoms with van der Waals surface area (Å²) in [6.07, 6.45) is 2.75. The van der Waals surface area contributed by atoms with Crippen LogP contribution < -0.4 is 5.32 Å². The number of nitrogens with one attached hydrogen (secondary N) is 1. The van der Waals surface area contributed by atoms with Gasteiger partial charge in [0.25, 0.3) is 0 Å². The predicted molar refractivity (Wildman–Crippen MR) is 109 cm³/mol. The normalized spacial score (nSPS) is 11.1. The van der Waals surface area contributed by atoms with Gasteiger partial charge in [-0.25, -0.2) is 4.68 Å². The number of benzene rings is 1. The average Bonchev–Trinajstić information content (AvgIpc) is 3.13. The molecule has 0 aliphatic heterocycles. The summed E-state index contributed by atoms with van der Waals surface area (Å²) >= 11 is 0. The van der Waals surface area contributed by atoms with Gasteiger partial charge in [-0.15, -0.1) is 0 Å². The van der Waals surface area contributed by atoms with Gasteiger partial charge >= 0.3 is 5.69 Å². The number of hydrogen-bond donors (Lipinski definition) is 1. The summed E-state index contributed by atoms with van der Waals surface area (Å²) in [5.41, 5.74) is 0.721. The molecule has 3 rings (SSSR count). The van der Waals surface area contributed by atoms with Crippen LogP contribution in [0.3, 0.4) is 0 Å². The average molecular weight is 415 g/mol. The van der Waals surface area contributed by atoms with E-state index >= 15 is 0 Å². The molecule has 10 heteroatoms. The third-order valence-electron chi connectivity index (χ3n) is 4.20. The Kier molecular flexibility index (Phi) is 7.04. The Labute approximate surface area is 172 Å². The van der Waals surface area contributed by atoms with Crippen LogP contribution in [0.15, 0.2) is 48.8 Å². The Balaban J connectivity index is 1.98. The lowest BCUT2D eigenvalue weighted by Gasteiger charge is -2.18. The zero-order chi connectivity index (χ0) is 21.5. The van der Waals surface area contributed by atoms with Crippen LogP contribution in [0.25, 0.3) is 11.3 Å². The van der Waals surface area contributed by atoms with Gasteiger partial charge in [0.1, 0.15) is 5.82 Å². The zero-order valence-electron chi connectivity index (χ0n) is 16.6. The highest BCUT2D eigenvalue weighted by Crippen LogP contribution is 2.29. The molecule has 0 aliphatic carbocycles. The molecule has 30 heavy (non-hydrogen) atoms. The lowest BCUT2D eigenvalue weighted by Crippen LogP contribution is -2.25. The highest BCUT2D eigenvalue weighted by molar-refractivity contribution is 5.67. The van der Waals surface area contributed by atoms with Crippen LogP contribution in [-0.2, 0) is 16.0 Å². The van der Waals surface area contributed by atoms with Crippen LogP contribution in [0.4, 0.5) is 21.6 Å². The lowest BCUT2D eigenvalue weighted by atomic mass is 10.2. The molecule has 0 fully saturated rings. The molecule has 0 spiro atoms. The van der Waals surface area contributed by atoms with E-state index < -0.39 is 22.7 Å². The Morgan fingerprint density at radius 3 is 2.63 bits per heavy atom. The van der Waals surface area contributed by atoms with Crippen LogP contribution in [0.5, 0.6) is 0 Å². The van der Waals surface area contributed by atoms with E-state index in [0.29, 0.717) is 24.7 Å². The first kappa shape index (κ1) is 21.3. The Bertz CT molecular complexity index is 990. The number of anilines is 2. The molecule has 3 aromatic rings. The standard InChI is InChI=1S/C20H22FN5O4/c1-3-29-19(30-4-2)13-25-18(11-16(24-25)14-7-6-10-22-12-14)23-15-8-5-9-17(20(15)21)26(27)28/h5-12,19,23H,3-4,13H2,1-2H3. The summed E-state index contributed by atoms with van der Waals surface area (Å²) in [5.74, 6) is -0.526. The van der Waals surface area contributed by atoms with Gasteiger partial charge in [-0.2, -0.15) is 9.49 Å². The number of halogens is 1. The summed E-state index contributed by atoms with van der Waals surface area (Å²) in [7, 11) is 0. The highest BCUT2D eigenvalue weighted by Gasteiger charge is 2.20. The second-order valence-corrected chi connectivity index (χ2v) is 6.20. The number of nitro groups is 1. The van der Waals surface area contributed by atoms with E-state index in [-0.39, 0.29) is 12.2 Å². The zero-order valence-corrected chi connectivity index (χ0v) is 16.6. The minimum absolute atomic E-state index is 0.0348.